The summed E-state index contributed by atoms with van der Waals surface area (Å²) in [6.45, 7) is 11.1. The van der Waals surface area contributed by atoms with Gasteiger partial charge in [0.15, 0.2) is 5.69 Å². The number of fused-ring (bicyclic) bond motifs is 1. The highest BCUT2D eigenvalue weighted by molar-refractivity contribution is 5.91. The first-order valence-corrected chi connectivity index (χ1v) is 13.4. The van der Waals surface area contributed by atoms with Gasteiger partial charge in [0, 0.05) is 56.4 Å². The van der Waals surface area contributed by atoms with Crippen LogP contribution < -0.4 is 5.32 Å². The molecule has 4 aromatic rings. The van der Waals surface area contributed by atoms with Crippen molar-refractivity contribution in [2.24, 2.45) is 0 Å². The molecule has 2 aromatic heterocycles. The molecule has 1 fully saturated rings. The van der Waals surface area contributed by atoms with E-state index in [1.54, 1.807) is 0 Å². The maximum atomic E-state index is 12.7. The minimum atomic E-state index is -0.201. The topological polar surface area (TPSA) is 86.6 Å². The molecule has 0 spiro atoms. The first-order chi connectivity index (χ1) is 18.5. The number of benzene rings is 2. The fraction of sp³-hybridized carbons (Fsp3) is 0.400. The Morgan fingerprint density at radius 3 is 2.82 bits per heavy atom. The van der Waals surface area contributed by atoms with Crippen LogP contribution in [0.15, 0.2) is 59.3 Å². The average Bonchev–Trinajstić information content (AvgIpc) is 3.57. The van der Waals surface area contributed by atoms with Gasteiger partial charge in [-0.2, -0.15) is 0 Å². The zero-order valence-corrected chi connectivity index (χ0v) is 22.3. The Labute approximate surface area is 224 Å². The Morgan fingerprint density at radius 1 is 1.11 bits per heavy atom. The second-order valence-electron chi connectivity index (χ2n) is 10.1. The van der Waals surface area contributed by atoms with E-state index in [-0.39, 0.29) is 5.91 Å². The zero-order valence-electron chi connectivity index (χ0n) is 22.3. The second-order valence-corrected chi connectivity index (χ2v) is 10.1. The monoisotopic (exact) mass is 515 g/mol. The Kier molecular flexibility index (Phi) is 8.53. The summed E-state index contributed by atoms with van der Waals surface area (Å²) in [5.41, 5.74) is 6.57. The minimum Gasteiger partial charge on any atom is -0.447 e. The van der Waals surface area contributed by atoms with Crippen LogP contribution in [0.2, 0.25) is 0 Å². The number of carbonyl (C=O) groups is 1. The smallest absolute Gasteiger partial charge is 0.273 e. The number of para-hydroxylation sites is 1. The Balaban J connectivity index is 1.24. The van der Waals surface area contributed by atoms with E-state index in [1.165, 1.54) is 33.9 Å². The molecule has 0 bridgehead atoms. The van der Waals surface area contributed by atoms with Crippen molar-refractivity contribution in [2.45, 2.75) is 33.4 Å². The molecule has 3 heterocycles. The molecule has 8 nitrogen and oxygen atoms in total. The van der Waals surface area contributed by atoms with E-state index in [0.717, 1.165) is 57.9 Å². The molecule has 0 radical (unpaired) electrons. The molecule has 0 atom stereocenters. The van der Waals surface area contributed by atoms with Gasteiger partial charge in [-0.3, -0.25) is 14.6 Å². The molecular formula is C30H37N5O3. The third-order valence-corrected chi connectivity index (χ3v) is 7.23. The van der Waals surface area contributed by atoms with Crippen LogP contribution in [0, 0.1) is 13.8 Å². The van der Waals surface area contributed by atoms with Crippen molar-refractivity contribution in [2.75, 3.05) is 45.9 Å². The molecule has 1 amide bonds. The molecule has 8 heteroatoms. The number of nitrogens with one attached hydrogen (secondary N) is 2. The number of aromatic nitrogens is 2. The predicted molar refractivity (Wildman–Crippen MR) is 148 cm³/mol. The van der Waals surface area contributed by atoms with Crippen molar-refractivity contribution in [3.63, 3.8) is 0 Å². The lowest BCUT2D eigenvalue weighted by Crippen LogP contribution is -2.41. The highest BCUT2D eigenvalue weighted by Gasteiger charge is 2.17. The van der Waals surface area contributed by atoms with Gasteiger partial charge >= 0.3 is 0 Å². The summed E-state index contributed by atoms with van der Waals surface area (Å²) in [6.07, 6.45) is 4.46. The zero-order chi connectivity index (χ0) is 26.3. The molecule has 2 N–H and O–H groups in total. The van der Waals surface area contributed by atoms with Crippen LogP contribution in [0.25, 0.3) is 10.9 Å². The van der Waals surface area contributed by atoms with E-state index in [2.05, 4.69) is 81.5 Å². The van der Waals surface area contributed by atoms with Crippen molar-refractivity contribution in [3.05, 3.63) is 88.8 Å². The number of rotatable bonds is 11. The Hall–Kier alpha value is -3.46. The largest absolute Gasteiger partial charge is 0.447 e. The van der Waals surface area contributed by atoms with Crippen LogP contribution in [0.1, 0.15) is 38.6 Å². The van der Waals surface area contributed by atoms with Crippen LogP contribution in [0.3, 0.4) is 0 Å². The van der Waals surface area contributed by atoms with Gasteiger partial charge in [-0.25, -0.2) is 4.98 Å². The lowest BCUT2D eigenvalue weighted by molar-refractivity contribution is 0.0383. The molecule has 200 valence electrons. The van der Waals surface area contributed by atoms with Crippen LogP contribution in [-0.2, 0) is 24.2 Å². The van der Waals surface area contributed by atoms with Gasteiger partial charge in [0.1, 0.15) is 6.26 Å². The quantitative estimate of drug-likeness (QED) is 0.313. The molecule has 38 heavy (non-hydrogen) atoms. The summed E-state index contributed by atoms with van der Waals surface area (Å²) in [4.78, 5) is 25.2. The molecule has 2 aromatic carbocycles. The number of amides is 1. The van der Waals surface area contributed by atoms with Crippen molar-refractivity contribution in [3.8, 4) is 0 Å². The summed E-state index contributed by atoms with van der Waals surface area (Å²) in [6, 6.07) is 15.0. The standard InChI is InChI=1S/C30H37N5O3/c1-22-7-8-23(2)25(17-22)19-35(11-9-24-18-32-27-6-4-3-5-26(24)27)20-29-33-28(21-38-29)30(36)31-10-12-34-13-15-37-16-14-34/h3-8,17-18,21,32H,9-16,19-20H2,1-2H3,(H,31,36). The first-order valence-electron chi connectivity index (χ1n) is 13.4. The number of hydrogen-bond acceptors (Lipinski definition) is 6. The molecule has 0 aliphatic carbocycles. The SMILES string of the molecule is Cc1ccc(C)c(CN(CCc2c[nH]c3ccccc23)Cc2nc(C(=O)NCCN3CCOCC3)co2)c1. The number of aryl methyl sites for hydroxylation is 2. The van der Waals surface area contributed by atoms with Gasteiger partial charge in [-0.15, -0.1) is 0 Å². The van der Waals surface area contributed by atoms with Crippen molar-refractivity contribution in [1.29, 1.82) is 0 Å². The molecule has 5 rings (SSSR count). The second kappa shape index (κ2) is 12.4. The molecule has 1 aliphatic heterocycles. The molecule has 0 saturated carbocycles. The van der Waals surface area contributed by atoms with Crippen LogP contribution in [-0.4, -0.2) is 71.6 Å². The maximum Gasteiger partial charge on any atom is 0.273 e. The van der Waals surface area contributed by atoms with Gasteiger partial charge in [0.25, 0.3) is 5.91 Å². The fourth-order valence-corrected chi connectivity index (χ4v) is 4.96. The van der Waals surface area contributed by atoms with Gasteiger partial charge in [0.05, 0.1) is 19.8 Å². The number of morpholine rings is 1. The number of aromatic amines is 1. The Morgan fingerprint density at radius 2 is 1.95 bits per heavy atom. The lowest BCUT2D eigenvalue weighted by atomic mass is 10.0. The van der Waals surface area contributed by atoms with E-state index < -0.39 is 0 Å². The third-order valence-electron chi connectivity index (χ3n) is 7.23. The third kappa shape index (κ3) is 6.69. The fourth-order valence-electron chi connectivity index (χ4n) is 4.96. The summed E-state index contributed by atoms with van der Waals surface area (Å²) in [5, 5.41) is 4.22. The number of H-pyrrole nitrogens is 1. The number of ether oxygens (including phenoxy) is 1. The molecule has 1 saturated heterocycles. The Bertz CT molecular complexity index is 1350. The summed E-state index contributed by atoms with van der Waals surface area (Å²) in [5.74, 6) is 0.348. The molecule has 0 unspecified atom stereocenters. The molecule has 1 aliphatic rings. The lowest BCUT2D eigenvalue weighted by Gasteiger charge is -2.26. The van der Waals surface area contributed by atoms with Crippen molar-refractivity contribution >= 4 is 16.8 Å². The van der Waals surface area contributed by atoms with Crippen LogP contribution in [0.5, 0.6) is 0 Å². The predicted octanol–water partition coefficient (Wildman–Crippen LogP) is 4.08. The summed E-state index contributed by atoms with van der Waals surface area (Å²) in [7, 11) is 0. The molecular weight excluding hydrogens is 478 g/mol. The van der Waals surface area contributed by atoms with E-state index in [4.69, 9.17) is 9.15 Å². The number of carbonyl (C=O) groups excluding carboxylic acids is 1. The summed E-state index contributed by atoms with van der Waals surface area (Å²) >= 11 is 0. The average molecular weight is 516 g/mol. The normalized spacial score (nSPS) is 14.4. The highest BCUT2D eigenvalue weighted by Crippen LogP contribution is 2.20. The number of hydrogen-bond donors (Lipinski definition) is 2. The summed E-state index contributed by atoms with van der Waals surface area (Å²) < 4.78 is 11.1. The van der Waals surface area contributed by atoms with Gasteiger partial charge < -0.3 is 19.5 Å². The maximum absolute atomic E-state index is 12.7. The van der Waals surface area contributed by atoms with Crippen molar-refractivity contribution in [1.82, 2.24) is 25.1 Å². The van der Waals surface area contributed by atoms with E-state index in [0.29, 0.717) is 24.7 Å². The van der Waals surface area contributed by atoms with Crippen LogP contribution in [0.4, 0.5) is 0 Å². The minimum absolute atomic E-state index is 0.201. The van der Waals surface area contributed by atoms with Crippen LogP contribution >= 0.6 is 0 Å². The van der Waals surface area contributed by atoms with Crippen molar-refractivity contribution < 1.29 is 13.9 Å². The van der Waals surface area contributed by atoms with E-state index in [9.17, 15) is 4.79 Å². The van der Waals surface area contributed by atoms with E-state index >= 15 is 0 Å². The van der Waals surface area contributed by atoms with Gasteiger partial charge in [-0.1, -0.05) is 42.0 Å². The number of nitrogens with zero attached hydrogens (tertiary/aromatic N) is 3. The van der Waals surface area contributed by atoms with Gasteiger partial charge in [-0.05, 0) is 43.0 Å². The van der Waals surface area contributed by atoms with E-state index in [1.807, 2.05) is 6.07 Å². The first kappa shape index (κ1) is 26.2. The van der Waals surface area contributed by atoms with Gasteiger partial charge in [0.2, 0.25) is 5.89 Å². The highest BCUT2D eigenvalue weighted by atomic mass is 16.5. The number of oxazole rings is 1.